The molecule has 0 spiro atoms. The second-order valence-corrected chi connectivity index (χ2v) is 5.08. The second-order valence-electron chi connectivity index (χ2n) is 5.08. The topological polar surface area (TPSA) is 20.2 Å². The Morgan fingerprint density at radius 3 is 2.15 bits per heavy atom. The Kier molecular flexibility index (Phi) is 9.24. The largest absolute Gasteiger partial charge is 0.386 e. The van der Waals surface area contributed by atoms with E-state index < -0.39 is 5.60 Å². The lowest BCUT2D eigenvalue weighted by atomic mass is 9.95. The van der Waals surface area contributed by atoms with Gasteiger partial charge in [0, 0.05) is 0 Å². The van der Waals surface area contributed by atoms with E-state index in [9.17, 15) is 5.11 Å². The van der Waals surface area contributed by atoms with E-state index in [1.54, 1.807) is 0 Å². The molecule has 0 saturated heterocycles. The fraction of sp³-hybridized carbons (Fsp3) is 0.579. The zero-order chi connectivity index (χ0) is 15.6. The predicted molar refractivity (Wildman–Crippen MR) is 91.1 cm³/mol. The van der Waals surface area contributed by atoms with Gasteiger partial charge in [-0.2, -0.15) is 0 Å². The van der Waals surface area contributed by atoms with Gasteiger partial charge < -0.3 is 5.11 Å². The summed E-state index contributed by atoms with van der Waals surface area (Å²) in [4.78, 5) is 0. The molecule has 114 valence electrons. The second kappa shape index (κ2) is 9.77. The van der Waals surface area contributed by atoms with Crippen LogP contribution in [0.15, 0.2) is 24.3 Å². The summed E-state index contributed by atoms with van der Waals surface area (Å²) in [5.74, 6) is 0. The van der Waals surface area contributed by atoms with E-state index in [-0.39, 0.29) is 0 Å². The molecule has 0 aromatic heterocycles. The van der Waals surface area contributed by atoms with Gasteiger partial charge in [0.2, 0.25) is 0 Å². The van der Waals surface area contributed by atoms with E-state index >= 15 is 0 Å². The summed E-state index contributed by atoms with van der Waals surface area (Å²) in [6.07, 6.45) is 7.82. The monoisotopic (exact) mass is 276 g/mol. The van der Waals surface area contributed by atoms with Crippen molar-refractivity contribution in [2.24, 2.45) is 0 Å². The molecule has 0 aliphatic heterocycles. The quantitative estimate of drug-likeness (QED) is 0.723. The normalized spacial score (nSPS) is 11.3. The summed E-state index contributed by atoms with van der Waals surface area (Å²) in [7, 11) is 0. The molecule has 1 N–H and O–H groups in total. The fourth-order valence-electron chi connectivity index (χ4n) is 2.10. The van der Waals surface area contributed by atoms with Gasteiger partial charge in [-0.3, -0.25) is 0 Å². The summed E-state index contributed by atoms with van der Waals surface area (Å²) in [6.45, 7) is 12.4. The van der Waals surface area contributed by atoms with Gasteiger partial charge in [0.1, 0.15) is 0 Å². The summed E-state index contributed by atoms with van der Waals surface area (Å²) in [6, 6.07) is 6.59. The fourth-order valence-corrected chi connectivity index (χ4v) is 2.10. The zero-order valence-electron chi connectivity index (χ0n) is 14.2. The standard InChI is InChI=1S/C17H26O.C2H6/c1-5-8-15-9-10-16(14(4)13-15)11-12-17(18,6-2)7-3;1-2/h9-13,18H,5-8H2,1-4H3;1-2H3/b12-11+;. The molecule has 0 amide bonds. The number of rotatable bonds is 6. The first-order valence-electron chi connectivity index (χ1n) is 8.05. The lowest BCUT2D eigenvalue weighted by Gasteiger charge is -2.20. The van der Waals surface area contributed by atoms with Crippen molar-refractivity contribution in [2.45, 2.75) is 72.8 Å². The molecular formula is C19H32O. The summed E-state index contributed by atoms with van der Waals surface area (Å²) < 4.78 is 0. The van der Waals surface area contributed by atoms with E-state index in [2.05, 4.69) is 38.1 Å². The van der Waals surface area contributed by atoms with E-state index in [1.807, 2.05) is 33.8 Å². The first-order chi connectivity index (χ1) is 9.54. The maximum Gasteiger partial charge on any atom is 0.0825 e. The highest BCUT2D eigenvalue weighted by Crippen LogP contribution is 2.20. The molecule has 0 radical (unpaired) electrons. The van der Waals surface area contributed by atoms with Gasteiger partial charge in [-0.25, -0.2) is 0 Å². The molecule has 0 atom stereocenters. The third kappa shape index (κ3) is 5.92. The van der Waals surface area contributed by atoms with E-state index in [0.29, 0.717) is 0 Å². The first-order valence-corrected chi connectivity index (χ1v) is 8.05. The Hall–Kier alpha value is -1.08. The molecule has 1 aromatic carbocycles. The van der Waals surface area contributed by atoms with Crippen LogP contribution in [0.25, 0.3) is 6.08 Å². The van der Waals surface area contributed by atoms with Crippen molar-refractivity contribution in [1.29, 1.82) is 0 Å². The van der Waals surface area contributed by atoms with Crippen LogP contribution < -0.4 is 0 Å². The van der Waals surface area contributed by atoms with Crippen LogP contribution in [0.3, 0.4) is 0 Å². The lowest BCUT2D eigenvalue weighted by Crippen LogP contribution is -2.22. The molecular weight excluding hydrogens is 244 g/mol. The number of hydrogen-bond donors (Lipinski definition) is 1. The van der Waals surface area contributed by atoms with Gasteiger partial charge in [0.05, 0.1) is 5.60 Å². The third-order valence-corrected chi connectivity index (χ3v) is 3.67. The van der Waals surface area contributed by atoms with Crippen molar-refractivity contribution in [3.8, 4) is 0 Å². The van der Waals surface area contributed by atoms with Crippen LogP contribution in [0.5, 0.6) is 0 Å². The summed E-state index contributed by atoms with van der Waals surface area (Å²) in [5.41, 5.74) is 3.23. The number of aliphatic hydroxyl groups is 1. The summed E-state index contributed by atoms with van der Waals surface area (Å²) in [5, 5.41) is 10.2. The lowest BCUT2D eigenvalue weighted by molar-refractivity contribution is 0.0836. The SMILES string of the molecule is CC.CCCc1ccc(/C=C/C(O)(CC)CC)c(C)c1. The minimum atomic E-state index is -0.658. The number of hydrogen-bond acceptors (Lipinski definition) is 1. The molecule has 1 nitrogen and oxygen atoms in total. The van der Waals surface area contributed by atoms with Crippen molar-refractivity contribution >= 4 is 6.08 Å². The van der Waals surface area contributed by atoms with Crippen LogP contribution in [-0.4, -0.2) is 10.7 Å². The Balaban J connectivity index is 0.00000172. The molecule has 0 bridgehead atoms. The van der Waals surface area contributed by atoms with Crippen LogP contribution in [0.2, 0.25) is 0 Å². The van der Waals surface area contributed by atoms with Crippen molar-refractivity contribution in [3.05, 3.63) is 41.0 Å². The first kappa shape index (κ1) is 18.9. The van der Waals surface area contributed by atoms with Crippen LogP contribution in [0.4, 0.5) is 0 Å². The van der Waals surface area contributed by atoms with E-state index in [1.165, 1.54) is 23.1 Å². The molecule has 0 fully saturated rings. The van der Waals surface area contributed by atoms with Crippen molar-refractivity contribution in [3.63, 3.8) is 0 Å². The van der Waals surface area contributed by atoms with Crippen LogP contribution in [-0.2, 0) is 6.42 Å². The number of aryl methyl sites for hydroxylation is 2. The predicted octanol–water partition coefficient (Wildman–Crippen LogP) is 5.54. The minimum Gasteiger partial charge on any atom is -0.386 e. The van der Waals surface area contributed by atoms with Crippen molar-refractivity contribution < 1.29 is 5.11 Å². The van der Waals surface area contributed by atoms with Crippen LogP contribution in [0, 0.1) is 6.92 Å². The maximum absolute atomic E-state index is 10.2. The smallest absolute Gasteiger partial charge is 0.0825 e. The molecule has 0 aliphatic rings. The average molecular weight is 276 g/mol. The van der Waals surface area contributed by atoms with Crippen LogP contribution in [0.1, 0.15) is 70.6 Å². The number of benzene rings is 1. The molecule has 1 heteroatoms. The van der Waals surface area contributed by atoms with Crippen LogP contribution >= 0.6 is 0 Å². The molecule has 0 unspecified atom stereocenters. The Morgan fingerprint density at radius 2 is 1.70 bits per heavy atom. The van der Waals surface area contributed by atoms with Crippen molar-refractivity contribution in [2.75, 3.05) is 0 Å². The highest BCUT2D eigenvalue weighted by molar-refractivity contribution is 5.55. The van der Waals surface area contributed by atoms with Gasteiger partial charge in [-0.1, -0.05) is 71.4 Å². The highest BCUT2D eigenvalue weighted by Gasteiger charge is 2.17. The summed E-state index contributed by atoms with van der Waals surface area (Å²) >= 11 is 0. The van der Waals surface area contributed by atoms with E-state index in [4.69, 9.17) is 0 Å². The van der Waals surface area contributed by atoms with Crippen molar-refractivity contribution in [1.82, 2.24) is 0 Å². The average Bonchev–Trinajstić information content (AvgIpc) is 2.48. The maximum atomic E-state index is 10.2. The Morgan fingerprint density at radius 1 is 1.10 bits per heavy atom. The molecule has 0 heterocycles. The highest BCUT2D eigenvalue weighted by atomic mass is 16.3. The molecule has 1 aromatic rings. The molecule has 0 saturated carbocycles. The van der Waals surface area contributed by atoms with Gasteiger partial charge >= 0.3 is 0 Å². The zero-order valence-corrected chi connectivity index (χ0v) is 14.2. The molecule has 0 aliphatic carbocycles. The molecule has 1 rings (SSSR count). The Bertz CT molecular complexity index is 400. The third-order valence-electron chi connectivity index (χ3n) is 3.67. The van der Waals surface area contributed by atoms with Gasteiger partial charge in [-0.15, -0.1) is 0 Å². The minimum absolute atomic E-state index is 0.658. The van der Waals surface area contributed by atoms with E-state index in [0.717, 1.165) is 19.3 Å². The van der Waals surface area contributed by atoms with Gasteiger partial charge in [0.25, 0.3) is 0 Å². The van der Waals surface area contributed by atoms with Gasteiger partial charge in [0.15, 0.2) is 0 Å². The Labute approximate surface area is 125 Å². The molecule has 20 heavy (non-hydrogen) atoms. The van der Waals surface area contributed by atoms with Gasteiger partial charge in [-0.05, 0) is 42.9 Å².